The Kier molecular flexibility index (Phi) is 4.25. The van der Waals surface area contributed by atoms with Crippen LogP contribution in [0.4, 0.5) is 0 Å². The predicted molar refractivity (Wildman–Crippen MR) is 71.9 cm³/mol. The largest absolute Gasteiger partial charge is 0.393 e. The molecule has 0 spiro atoms. The van der Waals surface area contributed by atoms with Crippen LogP contribution in [0.25, 0.3) is 0 Å². The van der Waals surface area contributed by atoms with Crippen LogP contribution in [0.1, 0.15) is 35.2 Å². The number of rotatable bonds is 3. The maximum absolute atomic E-state index is 12.0. The number of hydrogen-bond acceptors (Lipinski definition) is 2. The van der Waals surface area contributed by atoms with E-state index >= 15 is 0 Å². The molecule has 0 saturated heterocycles. The van der Waals surface area contributed by atoms with E-state index in [1.165, 1.54) is 0 Å². The zero-order chi connectivity index (χ0) is 13.1. The highest BCUT2D eigenvalue weighted by atomic mass is 35.5. The number of carbonyl (C=O) groups excluding carboxylic acids is 1. The van der Waals surface area contributed by atoms with Gasteiger partial charge in [0.05, 0.1) is 6.10 Å². The van der Waals surface area contributed by atoms with Crippen LogP contribution in [-0.2, 0) is 0 Å². The number of aryl methyl sites for hydroxylation is 1. The molecule has 98 valence electrons. The van der Waals surface area contributed by atoms with Crippen LogP contribution in [-0.4, -0.2) is 23.7 Å². The van der Waals surface area contributed by atoms with Crippen LogP contribution in [0.3, 0.4) is 0 Å². The van der Waals surface area contributed by atoms with Crippen molar-refractivity contribution in [3.63, 3.8) is 0 Å². The van der Waals surface area contributed by atoms with Gasteiger partial charge in [-0.05, 0) is 43.5 Å². The Morgan fingerprint density at radius 3 is 2.89 bits per heavy atom. The van der Waals surface area contributed by atoms with Gasteiger partial charge in [-0.1, -0.05) is 18.0 Å². The highest BCUT2D eigenvalue weighted by Gasteiger charge is 2.25. The summed E-state index contributed by atoms with van der Waals surface area (Å²) < 4.78 is 0. The van der Waals surface area contributed by atoms with Gasteiger partial charge in [0.25, 0.3) is 5.91 Å². The monoisotopic (exact) mass is 267 g/mol. The molecule has 1 aliphatic carbocycles. The standard InChI is InChI=1S/C14H18ClNO2/c1-9-7-11(15)5-6-12(9)14(18)16-8-10-3-2-4-13(10)17/h5-7,10,13,17H,2-4,8H2,1H3,(H,16,18). The molecule has 4 heteroatoms. The summed E-state index contributed by atoms with van der Waals surface area (Å²) in [5, 5.41) is 13.2. The van der Waals surface area contributed by atoms with E-state index in [2.05, 4.69) is 5.32 Å². The van der Waals surface area contributed by atoms with Crippen LogP contribution >= 0.6 is 11.6 Å². The first kappa shape index (κ1) is 13.4. The van der Waals surface area contributed by atoms with Crippen LogP contribution < -0.4 is 5.32 Å². The highest BCUT2D eigenvalue weighted by molar-refractivity contribution is 6.30. The minimum absolute atomic E-state index is 0.0942. The second-order valence-electron chi connectivity index (χ2n) is 4.93. The molecule has 2 unspecified atom stereocenters. The summed E-state index contributed by atoms with van der Waals surface area (Å²) in [5.74, 6) is 0.102. The molecule has 3 nitrogen and oxygen atoms in total. The molecule has 1 aromatic carbocycles. The minimum atomic E-state index is -0.267. The van der Waals surface area contributed by atoms with E-state index < -0.39 is 0 Å². The van der Waals surface area contributed by atoms with Crippen molar-refractivity contribution >= 4 is 17.5 Å². The molecular weight excluding hydrogens is 250 g/mol. The summed E-state index contributed by atoms with van der Waals surface area (Å²) in [6.07, 6.45) is 2.61. The van der Waals surface area contributed by atoms with Crippen molar-refractivity contribution in [3.8, 4) is 0 Å². The van der Waals surface area contributed by atoms with E-state index in [0.717, 1.165) is 24.8 Å². The summed E-state index contributed by atoms with van der Waals surface area (Å²) in [6.45, 7) is 2.41. The smallest absolute Gasteiger partial charge is 0.251 e. The SMILES string of the molecule is Cc1cc(Cl)ccc1C(=O)NCC1CCCC1O. The first-order valence-corrected chi connectivity index (χ1v) is 6.68. The Morgan fingerprint density at radius 1 is 1.50 bits per heavy atom. The molecule has 1 saturated carbocycles. The van der Waals surface area contributed by atoms with Crippen molar-refractivity contribution in [2.75, 3.05) is 6.54 Å². The molecule has 1 aromatic rings. The van der Waals surface area contributed by atoms with Gasteiger partial charge in [-0.15, -0.1) is 0 Å². The summed E-state index contributed by atoms with van der Waals surface area (Å²) in [4.78, 5) is 12.0. The highest BCUT2D eigenvalue weighted by Crippen LogP contribution is 2.24. The summed E-state index contributed by atoms with van der Waals surface area (Å²) in [6, 6.07) is 5.23. The van der Waals surface area contributed by atoms with Crippen molar-refractivity contribution in [2.24, 2.45) is 5.92 Å². The molecule has 0 bridgehead atoms. The fourth-order valence-corrected chi connectivity index (χ4v) is 2.68. The lowest BCUT2D eigenvalue weighted by atomic mass is 10.1. The molecule has 1 fully saturated rings. The molecule has 1 amide bonds. The number of aliphatic hydroxyl groups is 1. The molecule has 2 rings (SSSR count). The second-order valence-corrected chi connectivity index (χ2v) is 5.36. The van der Waals surface area contributed by atoms with Gasteiger partial charge in [-0.3, -0.25) is 4.79 Å². The summed E-state index contributed by atoms with van der Waals surface area (Å²) >= 11 is 5.86. The number of amides is 1. The Labute approximate surface area is 112 Å². The van der Waals surface area contributed by atoms with Gasteiger partial charge in [0.2, 0.25) is 0 Å². The van der Waals surface area contributed by atoms with E-state index in [4.69, 9.17) is 11.6 Å². The lowest BCUT2D eigenvalue weighted by Crippen LogP contribution is -2.32. The predicted octanol–water partition coefficient (Wildman–Crippen LogP) is 2.54. The third-order valence-corrected chi connectivity index (χ3v) is 3.81. The lowest BCUT2D eigenvalue weighted by Gasteiger charge is -2.15. The van der Waals surface area contributed by atoms with Crippen LogP contribution in [0, 0.1) is 12.8 Å². The maximum Gasteiger partial charge on any atom is 0.251 e. The number of halogens is 1. The van der Waals surface area contributed by atoms with Gasteiger partial charge >= 0.3 is 0 Å². The average molecular weight is 268 g/mol. The van der Waals surface area contributed by atoms with Crippen molar-refractivity contribution in [1.82, 2.24) is 5.32 Å². The van der Waals surface area contributed by atoms with Crippen molar-refractivity contribution in [1.29, 1.82) is 0 Å². The number of hydrogen-bond donors (Lipinski definition) is 2. The molecule has 2 N–H and O–H groups in total. The first-order valence-electron chi connectivity index (χ1n) is 6.30. The van der Waals surface area contributed by atoms with Gasteiger partial charge in [-0.25, -0.2) is 0 Å². The van der Waals surface area contributed by atoms with Gasteiger partial charge in [0, 0.05) is 23.0 Å². The lowest BCUT2D eigenvalue weighted by molar-refractivity contribution is 0.0916. The fraction of sp³-hybridized carbons (Fsp3) is 0.500. The molecule has 0 heterocycles. The normalized spacial score (nSPS) is 23.1. The zero-order valence-electron chi connectivity index (χ0n) is 10.4. The van der Waals surface area contributed by atoms with E-state index in [9.17, 15) is 9.90 Å². The van der Waals surface area contributed by atoms with Crippen LogP contribution in [0.15, 0.2) is 18.2 Å². The number of benzene rings is 1. The Balaban J connectivity index is 1.95. The average Bonchev–Trinajstić information content (AvgIpc) is 2.72. The Bertz CT molecular complexity index is 447. The maximum atomic E-state index is 12.0. The number of aliphatic hydroxyl groups excluding tert-OH is 1. The van der Waals surface area contributed by atoms with E-state index in [-0.39, 0.29) is 17.9 Å². The van der Waals surface area contributed by atoms with Crippen molar-refractivity contribution in [3.05, 3.63) is 34.3 Å². The second kappa shape index (κ2) is 5.72. The minimum Gasteiger partial charge on any atom is -0.393 e. The van der Waals surface area contributed by atoms with Gasteiger partial charge < -0.3 is 10.4 Å². The van der Waals surface area contributed by atoms with E-state index in [0.29, 0.717) is 17.1 Å². The van der Waals surface area contributed by atoms with Gasteiger partial charge in [0.15, 0.2) is 0 Å². The molecule has 2 atom stereocenters. The molecule has 0 aromatic heterocycles. The van der Waals surface area contributed by atoms with Crippen LogP contribution in [0.2, 0.25) is 5.02 Å². The molecule has 0 radical (unpaired) electrons. The van der Waals surface area contributed by atoms with Crippen LogP contribution in [0.5, 0.6) is 0 Å². The van der Waals surface area contributed by atoms with E-state index in [1.807, 2.05) is 6.92 Å². The van der Waals surface area contributed by atoms with Crippen molar-refractivity contribution < 1.29 is 9.90 Å². The summed E-state index contributed by atoms with van der Waals surface area (Å²) in [7, 11) is 0. The van der Waals surface area contributed by atoms with Gasteiger partial charge in [0.1, 0.15) is 0 Å². The third-order valence-electron chi connectivity index (χ3n) is 3.58. The first-order chi connectivity index (χ1) is 8.58. The molecular formula is C14H18ClNO2. The number of carbonyl (C=O) groups is 1. The molecule has 0 aliphatic heterocycles. The van der Waals surface area contributed by atoms with Crippen molar-refractivity contribution in [2.45, 2.75) is 32.3 Å². The quantitative estimate of drug-likeness (QED) is 0.884. The zero-order valence-corrected chi connectivity index (χ0v) is 11.2. The Morgan fingerprint density at radius 2 is 2.28 bits per heavy atom. The van der Waals surface area contributed by atoms with E-state index in [1.54, 1.807) is 18.2 Å². The Hall–Kier alpha value is -1.06. The third kappa shape index (κ3) is 3.03. The topological polar surface area (TPSA) is 49.3 Å². The molecule has 1 aliphatic rings. The molecule has 18 heavy (non-hydrogen) atoms. The number of nitrogens with one attached hydrogen (secondary N) is 1. The fourth-order valence-electron chi connectivity index (χ4n) is 2.46. The van der Waals surface area contributed by atoms with Gasteiger partial charge in [-0.2, -0.15) is 0 Å². The summed E-state index contributed by atoms with van der Waals surface area (Å²) in [5.41, 5.74) is 1.51.